The molecule has 5 heteroatoms. The monoisotopic (exact) mass is 431 g/mol. The molecule has 0 unspecified atom stereocenters. The van der Waals surface area contributed by atoms with Gasteiger partial charge in [0.25, 0.3) is 0 Å². The van der Waals surface area contributed by atoms with Crippen LogP contribution in [0.4, 0.5) is 0 Å². The third-order valence-electron chi connectivity index (χ3n) is 5.47. The molecule has 0 radical (unpaired) electrons. The number of amides is 1. The van der Waals surface area contributed by atoms with Crippen molar-refractivity contribution in [3.63, 3.8) is 0 Å². The summed E-state index contributed by atoms with van der Waals surface area (Å²) in [4.78, 5) is 20.2. The van der Waals surface area contributed by atoms with Crippen molar-refractivity contribution in [2.75, 3.05) is 0 Å². The molecule has 0 spiro atoms. The van der Waals surface area contributed by atoms with Crippen LogP contribution in [0.25, 0.3) is 11.0 Å². The van der Waals surface area contributed by atoms with Crippen LogP contribution in [0.5, 0.6) is 0 Å². The van der Waals surface area contributed by atoms with Gasteiger partial charge in [0.15, 0.2) is 0 Å². The predicted octanol–water partition coefficient (Wildman–Crippen LogP) is 5.72. The highest BCUT2D eigenvalue weighted by atomic mass is 35.5. The lowest BCUT2D eigenvalue weighted by molar-refractivity contribution is -0.134. The first-order valence-corrected chi connectivity index (χ1v) is 10.9. The van der Waals surface area contributed by atoms with E-state index in [0.717, 1.165) is 28.0 Å². The van der Waals surface area contributed by atoms with Crippen LogP contribution in [0.1, 0.15) is 30.8 Å². The molecule has 0 aliphatic heterocycles. The van der Waals surface area contributed by atoms with Crippen LogP contribution < -0.4 is 0 Å². The molecule has 0 bridgehead atoms. The standard InChI is InChI=1S/C26H26ClN3O/c1-19(2)29(17-20-10-4-3-5-11-20)26(31)18-30-24-15-9-8-14-23(24)28-25(30)16-21-12-6-7-13-22(21)27/h3-15,19H,16-18H2,1-2H3. The Morgan fingerprint density at radius 2 is 1.65 bits per heavy atom. The molecule has 158 valence electrons. The summed E-state index contributed by atoms with van der Waals surface area (Å²) in [7, 11) is 0. The number of nitrogens with zero attached hydrogens (tertiary/aromatic N) is 3. The average molecular weight is 432 g/mol. The smallest absolute Gasteiger partial charge is 0.243 e. The molecule has 4 rings (SSSR count). The van der Waals surface area contributed by atoms with Gasteiger partial charge in [-0.15, -0.1) is 0 Å². The molecule has 0 fully saturated rings. The van der Waals surface area contributed by atoms with E-state index in [1.54, 1.807) is 0 Å². The van der Waals surface area contributed by atoms with Crippen LogP contribution in [0.15, 0.2) is 78.9 Å². The third kappa shape index (κ3) is 4.80. The highest BCUT2D eigenvalue weighted by Crippen LogP contribution is 2.23. The molecule has 1 aromatic heterocycles. The van der Waals surface area contributed by atoms with Crippen molar-refractivity contribution in [2.45, 2.75) is 39.4 Å². The van der Waals surface area contributed by atoms with E-state index in [4.69, 9.17) is 16.6 Å². The van der Waals surface area contributed by atoms with Crippen LogP contribution >= 0.6 is 11.6 Å². The summed E-state index contributed by atoms with van der Waals surface area (Å²) in [6, 6.07) is 25.9. The molecule has 1 heterocycles. The molecule has 0 saturated carbocycles. The SMILES string of the molecule is CC(C)N(Cc1ccccc1)C(=O)Cn1c(Cc2ccccc2Cl)nc2ccccc21. The second-order valence-corrected chi connectivity index (χ2v) is 8.38. The molecule has 1 amide bonds. The van der Waals surface area contributed by atoms with Crippen LogP contribution in [-0.4, -0.2) is 26.4 Å². The summed E-state index contributed by atoms with van der Waals surface area (Å²) in [5.74, 6) is 0.911. The molecule has 4 nitrogen and oxygen atoms in total. The number of fused-ring (bicyclic) bond motifs is 1. The Morgan fingerprint density at radius 1 is 0.968 bits per heavy atom. The summed E-state index contributed by atoms with van der Waals surface area (Å²) >= 11 is 6.40. The van der Waals surface area contributed by atoms with E-state index in [0.29, 0.717) is 18.0 Å². The summed E-state index contributed by atoms with van der Waals surface area (Å²) < 4.78 is 2.03. The molecule has 0 saturated heterocycles. The zero-order valence-corrected chi connectivity index (χ0v) is 18.6. The van der Waals surface area contributed by atoms with Gasteiger partial charge in [0.05, 0.1) is 11.0 Å². The lowest BCUT2D eigenvalue weighted by Gasteiger charge is -2.27. The van der Waals surface area contributed by atoms with Crippen molar-refractivity contribution >= 4 is 28.5 Å². The Bertz CT molecular complexity index is 1180. The lowest BCUT2D eigenvalue weighted by Crippen LogP contribution is -2.38. The van der Waals surface area contributed by atoms with Gasteiger partial charge in [-0.25, -0.2) is 4.98 Å². The molecule has 0 aliphatic carbocycles. The van der Waals surface area contributed by atoms with E-state index >= 15 is 0 Å². The number of hydrogen-bond acceptors (Lipinski definition) is 2. The second-order valence-electron chi connectivity index (χ2n) is 7.97. The average Bonchev–Trinajstić information content (AvgIpc) is 3.11. The van der Waals surface area contributed by atoms with E-state index in [1.165, 1.54) is 0 Å². The quantitative estimate of drug-likeness (QED) is 0.375. The fraction of sp³-hybridized carbons (Fsp3) is 0.231. The number of carbonyl (C=O) groups excluding carboxylic acids is 1. The van der Waals surface area contributed by atoms with Crippen molar-refractivity contribution in [3.05, 3.63) is 101 Å². The van der Waals surface area contributed by atoms with Gasteiger partial charge in [0.2, 0.25) is 5.91 Å². The fourth-order valence-corrected chi connectivity index (χ4v) is 4.02. The first kappa shape index (κ1) is 21.1. The number of halogens is 1. The molecule has 3 aromatic carbocycles. The zero-order valence-electron chi connectivity index (χ0n) is 17.8. The van der Waals surface area contributed by atoms with Crippen molar-refractivity contribution in [3.8, 4) is 0 Å². The minimum Gasteiger partial charge on any atom is -0.334 e. The largest absolute Gasteiger partial charge is 0.334 e. The van der Waals surface area contributed by atoms with E-state index in [9.17, 15) is 4.79 Å². The fourth-order valence-electron chi connectivity index (χ4n) is 3.81. The number of benzene rings is 3. The first-order chi connectivity index (χ1) is 15.0. The van der Waals surface area contributed by atoms with Crippen LogP contribution in [-0.2, 0) is 24.3 Å². The minimum atomic E-state index is 0.0717. The Labute approximate surface area is 188 Å². The van der Waals surface area contributed by atoms with Crippen LogP contribution in [0.3, 0.4) is 0 Å². The number of para-hydroxylation sites is 2. The second kappa shape index (κ2) is 9.36. The van der Waals surface area contributed by atoms with Gasteiger partial charge in [-0.1, -0.05) is 72.3 Å². The van der Waals surface area contributed by atoms with Gasteiger partial charge in [-0.3, -0.25) is 4.79 Å². The zero-order chi connectivity index (χ0) is 21.8. The number of rotatable bonds is 7. The Kier molecular flexibility index (Phi) is 6.38. The van der Waals surface area contributed by atoms with E-state index < -0.39 is 0 Å². The Hall–Kier alpha value is -3.11. The molecule has 0 atom stereocenters. The maximum absolute atomic E-state index is 13.4. The molecular formula is C26H26ClN3O. The van der Waals surface area contributed by atoms with Gasteiger partial charge < -0.3 is 9.47 Å². The first-order valence-electron chi connectivity index (χ1n) is 10.5. The van der Waals surface area contributed by atoms with Crippen molar-refractivity contribution in [1.29, 1.82) is 0 Å². The lowest BCUT2D eigenvalue weighted by atomic mass is 10.1. The number of aromatic nitrogens is 2. The highest BCUT2D eigenvalue weighted by molar-refractivity contribution is 6.31. The summed E-state index contributed by atoms with van der Waals surface area (Å²) in [5.41, 5.74) is 3.97. The molecule has 31 heavy (non-hydrogen) atoms. The van der Waals surface area contributed by atoms with E-state index in [1.807, 2.05) is 76.2 Å². The Morgan fingerprint density at radius 3 is 2.39 bits per heavy atom. The van der Waals surface area contributed by atoms with Gasteiger partial charge >= 0.3 is 0 Å². The van der Waals surface area contributed by atoms with Crippen molar-refractivity contribution in [1.82, 2.24) is 14.5 Å². The topological polar surface area (TPSA) is 38.1 Å². The third-order valence-corrected chi connectivity index (χ3v) is 5.84. The summed E-state index contributed by atoms with van der Waals surface area (Å²) in [6.45, 7) is 4.93. The molecule has 4 aromatic rings. The van der Waals surface area contributed by atoms with Gasteiger partial charge in [-0.05, 0) is 43.2 Å². The Balaban J connectivity index is 1.66. The summed E-state index contributed by atoms with van der Waals surface area (Å²) in [5, 5.41) is 0.709. The van der Waals surface area contributed by atoms with E-state index in [2.05, 4.69) is 26.0 Å². The molecule has 0 aliphatic rings. The maximum atomic E-state index is 13.4. The van der Waals surface area contributed by atoms with Crippen molar-refractivity contribution < 1.29 is 4.79 Å². The number of hydrogen-bond donors (Lipinski definition) is 0. The van der Waals surface area contributed by atoms with Crippen LogP contribution in [0.2, 0.25) is 5.02 Å². The highest BCUT2D eigenvalue weighted by Gasteiger charge is 2.21. The van der Waals surface area contributed by atoms with E-state index in [-0.39, 0.29) is 18.5 Å². The normalized spacial score (nSPS) is 11.2. The molecular weight excluding hydrogens is 406 g/mol. The van der Waals surface area contributed by atoms with Gasteiger partial charge in [-0.2, -0.15) is 0 Å². The van der Waals surface area contributed by atoms with Gasteiger partial charge in [0, 0.05) is 24.0 Å². The van der Waals surface area contributed by atoms with Crippen LogP contribution in [0, 0.1) is 0 Å². The number of carbonyl (C=O) groups is 1. The number of imidazole rings is 1. The van der Waals surface area contributed by atoms with Crippen molar-refractivity contribution in [2.24, 2.45) is 0 Å². The summed E-state index contributed by atoms with van der Waals surface area (Å²) in [6.07, 6.45) is 0.571. The minimum absolute atomic E-state index is 0.0717. The predicted molar refractivity (Wildman–Crippen MR) is 126 cm³/mol. The molecule has 0 N–H and O–H groups in total. The van der Waals surface area contributed by atoms with Gasteiger partial charge in [0.1, 0.15) is 12.4 Å². The maximum Gasteiger partial charge on any atom is 0.243 e.